The monoisotopic (exact) mass is 273 g/mol. The van der Waals surface area contributed by atoms with Crippen molar-refractivity contribution in [3.05, 3.63) is 0 Å². The quantitative estimate of drug-likeness (QED) is 0.697. The van der Waals surface area contributed by atoms with Crippen LogP contribution in [0.15, 0.2) is 0 Å². The molecule has 1 N–H and O–H groups in total. The third-order valence-electron chi connectivity index (χ3n) is 3.52. The lowest BCUT2D eigenvalue weighted by atomic mass is 9.99. The second kappa shape index (κ2) is 6.86. The number of likely N-dealkylation sites (tertiary alicyclic amines) is 1. The highest BCUT2D eigenvalue weighted by molar-refractivity contribution is 5.89. The molecule has 1 amide bonds. The Balaban J connectivity index is 2.54. The second-order valence-electron chi connectivity index (χ2n) is 4.88. The molecule has 2 unspecified atom stereocenters. The van der Waals surface area contributed by atoms with Crippen LogP contribution in [0, 0.1) is 0 Å². The third kappa shape index (κ3) is 3.67. The molecule has 110 valence electrons. The summed E-state index contributed by atoms with van der Waals surface area (Å²) in [6, 6.07) is 0. The van der Waals surface area contributed by atoms with Gasteiger partial charge < -0.3 is 19.5 Å². The van der Waals surface area contributed by atoms with Crippen molar-refractivity contribution in [2.24, 2.45) is 0 Å². The predicted octanol–water partition coefficient (Wildman–Crippen LogP) is 0.894. The van der Waals surface area contributed by atoms with Gasteiger partial charge in [-0.2, -0.15) is 0 Å². The van der Waals surface area contributed by atoms with Gasteiger partial charge in [0.15, 0.2) is 0 Å². The van der Waals surface area contributed by atoms with Crippen molar-refractivity contribution < 1.29 is 24.2 Å². The number of carbonyl (C=O) groups is 2. The fraction of sp³-hybridized carbons (Fsp3) is 0.846. The van der Waals surface area contributed by atoms with Crippen molar-refractivity contribution in [3.63, 3.8) is 0 Å². The lowest BCUT2D eigenvalue weighted by molar-refractivity contribution is -0.160. The van der Waals surface area contributed by atoms with Gasteiger partial charge in [0.2, 0.25) is 0 Å². The van der Waals surface area contributed by atoms with E-state index in [2.05, 4.69) is 0 Å². The van der Waals surface area contributed by atoms with Crippen molar-refractivity contribution >= 4 is 11.9 Å². The molecule has 6 nitrogen and oxygen atoms in total. The van der Waals surface area contributed by atoms with Crippen molar-refractivity contribution in [2.75, 3.05) is 26.4 Å². The SMILES string of the molecule is CCOCCOC(C)C(=O)N1CCCC1(C)C(=O)O. The van der Waals surface area contributed by atoms with E-state index in [1.165, 1.54) is 4.90 Å². The predicted molar refractivity (Wildman–Crippen MR) is 68.9 cm³/mol. The first-order chi connectivity index (χ1) is 8.93. The van der Waals surface area contributed by atoms with Crippen molar-refractivity contribution in [3.8, 4) is 0 Å². The molecule has 1 fully saturated rings. The van der Waals surface area contributed by atoms with E-state index in [1.54, 1.807) is 13.8 Å². The summed E-state index contributed by atoms with van der Waals surface area (Å²) in [6.45, 7) is 6.97. The summed E-state index contributed by atoms with van der Waals surface area (Å²) in [6.07, 6.45) is 0.553. The first-order valence-electron chi connectivity index (χ1n) is 6.67. The van der Waals surface area contributed by atoms with Gasteiger partial charge in [0.1, 0.15) is 11.6 Å². The van der Waals surface area contributed by atoms with Crippen LogP contribution in [0.4, 0.5) is 0 Å². The molecule has 0 radical (unpaired) electrons. The van der Waals surface area contributed by atoms with Crippen LogP contribution >= 0.6 is 0 Å². The number of carboxylic acid groups (broad SMARTS) is 1. The largest absolute Gasteiger partial charge is 0.480 e. The van der Waals surface area contributed by atoms with Gasteiger partial charge in [-0.05, 0) is 33.6 Å². The van der Waals surface area contributed by atoms with Gasteiger partial charge in [-0.3, -0.25) is 4.79 Å². The average molecular weight is 273 g/mol. The van der Waals surface area contributed by atoms with Gasteiger partial charge in [-0.1, -0.05) is 0 Å². The summed E-state index contributed by atoms with van der Waals surface area (Å²) in [4.78, 5) is 24.9. The standard InChI is InChI=1S/C13H23NO5/c1-4-18-8-9-19-10(2)11(15)14-7-5-6-13(14,3)12(16)17/h10H,4-9H2,1-3H3,(H,16,17). The zero-order valence-electron chi connectivity index (χ0n) is 11.8. The molecule has 0 saturated carbocycles. The second-order valence-corrected chi connectivity index (χ2v) is 4.88. The fourth-order valence-electron chi connectivity index (χ4n) is 2.26. The molecule has 0 spiro atoms. The zero-order valence-corrected chi connectivity index (χ0v) is 11.8. The van der Waals surface area contributed by atoms with E-state index in [9.17, 15) is 14.7 Å². The van der Waals surface area contributed by atoms with Crippen LogP contribution in [-0.4, -0.2) is 59.9 Å². The van der Waals surface area contributed by atoms with Gasteiger partial charge >= 0.3 is 5.97 Å². The number of amides is 1. The molecule has 1 saturated heterocycles. The summed E-state index contributed by atoms with van der Waals surface area (Å²) in [5.41, 5.74) is -1.10. The molecule has 1 heterocycles. The summed E-state index contributed by atoms with van der Waals surface area (Å²) in [5, 5.41) is 9.26. The number of aliphatic carboxylic acids is 1. The number of nitrogens with zero attached hydrogens (tertiary/aromatic N) is 1. The van der Waals surface area contributed by atoms with E-state index < -0.39 is 17.6 Å². The topological polar surface area (TPSA) is 76.1 Å². The normalized spacial score (nSPS) is 24.5. The highest BCUT2D eigenvalue weighted by Gasteiger charge is 2.46. The van der Waals surface area contributed by atoms with Crippen LogP contribution in [-0.2, 0) is 19.1 Å². The van der Waals surface area contributed by atoms with Crippen LogP contribution < -0.4 is 0 Å². The number of rotatable bonds is 7. The number of hydrogen-bond donors (Lipinski definition) is 1. The molecular formula is C13H23NO5. The molecular weight excluding hydrogens is 250 g/mol. The molecule has 19 heavy (non-hydrogen) atoms. The van der Waals surface area contributed by atoms with E-state index in [-0.39, 0.29) is 5.91 Å². The van der Waals surface area contributed by atoms with E-state index >= 15 is 0 Å². The summed E-state index contributed by atoms with van der Waals surface area (Å²) in [5.74, 6) is -1.22. The highest BCUT2D eigenvalue weighted by atomic mass is 16.5. The number of ether oxygens (including phenoxy) is 2. The van der Waals surface area contributed by atoms with Crippen LogP contribution in [0.3, 0.4) is 0 Å². The average Bonchev–Trinajstić information content (AvgIpc) is 2.77. The Morgan fingerprint density at radius 3 is 2.68 bits per heavy atom. The summed E-state index contributed by atoms with van der Waals surface area (Å²) >= 11 is 0. The Labute approximate surface area is 113 Å². The third-order valence-corrected chi connectivity index (χ3v) is 3.52. The minimum absolute atomic E-state index is 0.265. The van der Waals surface area contributed by atoms with Crippen LogP contribution in [0.2, 0.25) is 0 Å². The Bertz CT molecular complexity index is 333. The highest BCUT2D eigenvalue weighted by Crippen LogP contribution is 2.30. The van der Waals surface area contributed by atoms with E-state index in [0.717, 1.165) is 0 Å². The maximum absolute atomic E-state index is 12.2. The Morgan fingerprint density at radius 2 is 2.11 bits per heavy atom. The number of carboxylic acids is 1. The van der Waals surface area contributed by atoms with Gasteiger partial charge in [0.05, 0.1) is 13.2 Å². The Kier molecular flexibility index (Phi) is 5.75. The molecule has 1 rings (SSSR count). The van der Waals surface area contributed by atoms with Gasteiger partial charge in [0.25, 0.3) is 5.91 Å². The molecule has 1 aliphatic heterocycles. The van der Waals surface area contributed by atoms with Crippen LogP contribution in [0.25, 0.3) is 0 Å². The molecule has 2 atom stereocenters. The van der Waals surface area contributed by atoms with Crippen molar-refractivity contribution in [1.82, 2.24) is 4.90 Å². The smallest absolute Gasteiger partial charge is 0.329 e. The van der Waals surface area contributed by atoms with Crippen molar-refractivity contribution in [1.29, 1.82) is 0 Å². The van der Waals surface area contributed by atoms with Crippen LogP contribution in [0.5, 0.6) is 0 Å². The van der Waals surface area contributed by atoms with Gasteiger partial charge in [0, 0.05) is 13.2 Å². The first-order valence-corrected chi connectivity index (χ1v) is 6.67. The summed E-state index contributed by atoms with van der Waals surface area (Å²) < 4.78 is 10.5. The maximum Gasteiger partial charge on any atom is 0.329 e. The van der Waals surface area contributed by atoms with Crippen molar-refractivity contribution in [2.45, 2.75) is 45.3 Å². The molecule has 0 aromatic rings. The van der Waals surface area contributed by atoms with Gasteiger partial charge in [-0.25, -0.2) is 4.79 Å². The number of hydrogen-bond acceptors (Lipinski definition) is 4. The Morgan fingerprint density at radius 1 is 1.42 bits per heavy atom. The minimum Gasteiger partial charge on any atom is -0.480 e. The minimum atomic E-state index is -1.10. The first kappa shape index (κ1) is 15.9. The zero-order chi connectivity index (χ0) is 14.5. The van der Waals surface area contributed by atoms with Gasteiger partial charge in [-0.15, -0.1) is 0 Å². The molecule has 0 aromatic heterocycles. The molecule has 0 bridgehead atoms. The Hall–Kier alpha value is -1.14. The van der Waals surface area contributed by atoms with E-state index in [1.807, 2.05) is 6.92 Å². The number of carbonyl (C=O) groups excluding carboxylic acids is 1. The molecule has 1 aliphatic rings. The maximum atomic E-state index is 12.2. The summed E-state index contributed by atoms with van der Waals surface area (Å²) in [7, 11) is 0. The van der Waals surface area contributed by atoms with E-state index in [0.29, 0.717) is 39.2 Å². The van der Waals surface area contributed by atoms with Crippen LogP contribution in [0.1, 0.15) is 33.6 Å². The molecule has 0 aromatic carbocycles. The lowest BCUT2D eigenvalue weighted by Gasteiger charge is -2.33. The fourth-order valence-corrected chi connectivity index (χ4v) is 2.26. The lowest BCUT2D eigenvalue weighted by Crippen LogP contribution is -2.53. The van der Waals surface area contributed by atoms with E-state index in [4.69, 9.17) is 9.47 Å². The molecule has 6 heteroatoms. The molecule has 0 aliphatic carbocycles.